The molecule has 2 fully saturated rings. The van der Waals surface area contributed by atoms with E-state index in [0.29, 0.717) is 19.0 Å². The Balaban J connectivity index is 1.87. The van der Waals surface area contributed by atoms with Crippen LogP contribution in [0.4, 0.5) is 0 Å². The second-order valence-electron chi connectivity index (χ2n) is 6.63. The molecule has 0 aromatic carbocycles. The Morgan fingerprint density at radius 3 is 2.67 bits per heavy atom. The van der Waals surface area contributed by atoms with Crippen LogP contribution in [0.25, 0.3) is 0 Å². The van der Waals surface area contributed by atoms with Crippen molar-refractivity contribution >= 4 is 10.2 Å². The molecular weight excluding hydrogens is 286 g/mol. The summed E-state index contributed by atoms with van der Waals surface area (Å²) < 4.78 is 29.7. The van der Waals surface area contributed by atoms with Gasteiger partial charge in [-0.25, -0.2) is 4.72 Å². The van der Waals surface area contributed by atoms with Gasteiger partial charge in [0.05, 0.1) is 0 Å². The predicted molar refractivity (Wildman–Crippen MR) is 86.3 cm³/mol. The zero-order valence-electron chi connectivity index (χ0n) is 13.5. The molecule has 21 heavy (non-hydrogen) atoms. The largest absolute Gasteiger partial charge is 0.315 e. The first-order chi connectivity index (χ1) is 10.0. The van der Waals surface area contributed by atoms with Crippen molar-refractivity contribution in [3.8, 4) is 0 Å². The summed E-state index contributed by atoms with van der Waals surface area (Å²) in [5.74, 6) is 1.19. The molecule has 1 aliphatic heterocycles. The van der Waals surface area contributed by atoms with Gasteiger partial charge < -0.3 is 5.32 Å². The fourth-order valence-corrected chi connectivity index (χ4v) is 4.67. The number of piperidine rings is 1. The highest BCUT2D eigenvalue weighted by Gasteiger charge is 2.33. The van der Waals surface area contributed by atoms with Crippen LogP contribution in [0, 0.1) is 11.8 Å². The van der Waals surface area contributed by atoms with Crippen molar-refractivity contribution in [3.05, 3.63) is 0 Å². The molecule has 2 atom stereocenters. The Labute approximate surface area is 130 Å². The Morgan fingerprint density at radius 2 is 2.00 bits per heavy atom. The van der Waals surface area contributed by atoms with Gasteiger partial charge in [-0.2, -0.15) is 12.7 Å². The number of nitrogens with zero attached hydrogens (tertiary/aromatic N) is 1. The molecule has 2 N–H and O–H groups in total. The average Bonchev–Trinajstić information content (AvgIpc) is 3.30. The normalized spacial score (nSPS) is 25.9. The van der Waals surface area contributed by atoms with Crippen molar-refractivity contribution in [2.75, 3.05) is 26.2 Å². The van der Waals surface area contributed by atoms with E-state index in [0.717, 1.165) is 44.7 Å². The topological polar surface area (TPSA) is 61.4 Å². The molecule has 0 aromatic heterocycles. The van der Waals surface area contributed by atoms with Crippen molar-refractivity contribution in [1.82, 2.24) is 14.3 Å². The molecule has 124 valence electrons. The summed E-state index contributed by atoms with van der Waals surface area (Å²) in [6, 6.07) is 0.110. The smallest absolute Gasteiger partial charge is 0.279 e. The third kappa shape index (κ3) is 5.20. The van der Waals surface area contributed by atoms with E-state index >= 15 is 0 Å². The maximum Gasteiger partial charge on any atom is 0.279 e. The Kier molecular flexibility index (Phi) is 6.47. The SMILES string of the molecule is CCCNCC1CCCCN1S(=O)(=O)NCC(C)C1CC1. The van der Waals surface area contributed by atoms with Gasteiger partial charge in [0, 0.05) is 25.7 Å². The average molecular weight is 317 g/mol. The molecule has 1 saturated heterocycles. The second-order valence-corrected chi connectivity index (χ2v) is 8.34. The maximum absolute atomic E-state index is 12.6. The molecule has 1 saturated carbocycles. The van der Waals surface area contributed by atoms with Crippen LogP contribution in [0.15, 0.2) is 0 Å². The van der Waals surface area contributed by atoms with Crippen LogP contribution in [-0.2, 0) is 10.2 Å². The molecule has 0 amide bonds. The lowest BCUT2D eigenvalue weighted by Crippen LogP contribution is -2.53. The standard InChI is InChI=1S/C15H31N3O2S/c1-3-9-16-12-15-6-4-5-10-18(15)21(19,20)17-11-13(2)14-7-8-14/h13-17H,3-12H2,1-2H3. The number of nitrogens with one attached hydrogen (secondary N) is 2. The molecule has 2 unspecified atom stereocenters. The van der Waals surface area contributed by atoms with E-state index in [1.165, 1.54) is 12.8 Å². The van der Waals surface area contributed by atoms with Crippen molar-refractivity contribution < 1.29 is 8.42 Å². The Bertz CT molecular complexity index is 409. The second kappa shape index (κ2) is 7.90. The van der Waals surface area contributed by atoms with Crippen LogP contribution in [-0.4, -0.2) is 44.9 Å². The summed E-state index contributed by atoms with van der Waals surface area (Å²) in [5, 5.41) is 3.37. The van der Waals surface area contributed by atoms with Crippen LogP contribution < -0.4 is 10.0 Å². The highest BCUT2D eigenvalue weighted by atomic mass is 32.2. The first kappa shape index (κ1) is 17.2. The Morgan fingerprint density at radius 1 is 1.24 bits per heavy atom. The minimum absolute atomic E-state index is 0.110. The monoisotopic (exact) mass is 317 g/mol. The van der Waals surface area contributed by atoms with E-state index in [-0.39, 0.29) is 6.04 Å². The van der Waals surface area contributed by atoms with Crippen LogP contribution in [0.2, 0.25) is 0 Å². The van der Waals surface area contributed by atoms with Crippen LogP contribution in [0.3, 0.4) is 0 Å². The third-order valence-electron chi connectivity index (χ3n) is 4.70. The van der Waals surface area contributed by atoms with Gasteiger partial charge in [0.25, 0.3) is 10.2 Å². The third-order valence-corrected chi connectivity index (χ3v) is 6.33. The highest BCUT2D eigenvalue weighted by Crippen LogP contribution is 2.36. The van der Waals surface area contributed by atoms with Gasteiger partial charge in [-0.3, -0.25) is 0 Å². The summed E-state index contributed by atoms with van der Waals surface area (Å²) in [7, 11) is -3.33. The van der Waals surface area contributed by atoms with Gasteiger partial charge >= 0.3 is 0 Å². The Hall–Kier alpha value is -0.170. The molecule has 0 radical (unpaired) electrons. The molecule has 1 heterocycles. The van der Waals surface area contributed by atoms with Gasteiger partial charge in [-0.05, 0) is 50.5 Å². The summed E-state index contributed by atoms with van der Waals surface area (Å²) in [5.41, 5.74) is 0. The zero-order chi connectivity index (χ0) is 15.3. The predicted octanol–water partition coefficient (Wildman–Crippen LogP) is 1.72. The fraction of sp³-hybridized carbons (Fsp3) is 1.00. The van der Waals surface area contributed by atoms with E-state index in [2.05, 4.69) is 23.9 Å². The first-order valence-electron chi connectivity index (χ1n) is 8.51. The van der Waals surface area contributed by atoms with Crippen LogP contribution in [0.1, 0.15) is 52.4 Å². The zero-order valence-corrected chi connectivity index (χ0v) is 14.3. The minimum atomic E-state index is -3.33. The van der Waals surface area contributed by atoms with Gasteiger partial charge in [0.15, 0.2) is 0 Å². The van der Waals surface area contributed by atoms with Gasteiger partial charge in [-0.15, -0.1) is 0 Å². The minimum Gasteiger partial charge on any atom is -0.315 e. The molecule has 0 spiro atoms. The van der Waals surface area contributed by atoms with Crippen molar-refractivity contribution in [2.24, 2.45) is 11.8 Å². The molecule has 2 rings (SSSR count). The van der Waals surface area contributed by atoms with E-state index in [1.807, 2.05) is 0 Å². The summed E-state index contributed by atoms with van der Waals surface area (Å²) in [4.78, 5) is 0. The highest BCUT2D eigenvalue weighted by molar-refractivity contribution is 7.87. The van der Waals surface area contributed by atoms with Crippen LogP contribution >= 0.6 is 0 Å². The lowest BCUT2D eigenvalue weighted by atomic mass is 10.1. The summed E-state index contributed by atoms with van der Waals surface area (Å²) in [6.45, 7) is 7.24. The molecular formula is C15H31N3O2S. The summed E-state index contributed by atoms with van der Waals surface area (Å²) in [6.07, 6.45) is 6.67. The molecule has 2 aliphatic rings. The number of rotatable bonds is 9. The molecule has 0 aromatic rings. The van der Waals surface area contributed by atoms with Crippen molar-refractivity contribution in [1.29, 1.82) is 0 Å². The van der Waals surface area contributed by atoms with Gasteiger partial charge in [0.2, 0.25) is 0 Å². The maximum atomic E-state index is 12.6. The quantitative estimate of drug-likeness (QED) is 0.637. The number of hydrogen-bond acceptors (Lipinski definition) is 3. The van der Waals surface area contributed by atoms with E-state index < -0.39 is 10.2 Å². The lowest BCUT2D eigenvalue weighted by Gasteiger charge is -2.35. The van der Waals surface area contributed by atoms with Crippen LogP contribution in [0.5, 0.6) is 0 Å². The van der Waals surface area contributed by atoms with E-state index in [1.54, 1.807) is 4.31 Å². The fourth-order valence-electron chi connectivity index (χ4n) is 3.09. The number of hydrogen-bond donors (Lipinski definition) is 2. The lowest BCUT2D eigenvalue weighted by molar-refractivity contribution is 0.242. The van der Waals surface area contributed by atoms with Crippen molar-refractivity contribution in [3.63, 3.8) is 0 Å². The first-order valence-corrected chi connectivity index (χ1v) is 9.95. The van der Waals surface area contributed by atoms with Gasteiger partial charge in [-0.1, -0.05) is 20.3 Å². The molecule has 5 nitrogen and oxygen atoms in total. The van der Waals surface area contributed by atoms with E-state index in [9.17, 15) is 8.42 Å². The summed E-state index contributed by atoms with van der Waals surface area (Å²) >= 11 is 0. The van der Waals surface area contributed by atoms with Gasteiger partial charge in [0.1, 0.15) is 0 Å². The van der Waals surface area contributed by atoms with Crippen molar-refractivity contribution in [2.45, 2.75) is 58.4 Å². The molecule has 6 heteroatoms. The molecule has 0 bridgehead atoms. The molecule has 1 aliphatic carbocycles. The van der Waals surface area contributed by atoms with E-state index in [4.69, 9.17) is 0 Å².